The summed E-state index contributed by atoms with van der Waals surface area (Å²) in [5, 5.41) is 3.40. The molecule has 0 spiro atoms. The molecule has 0 aliphatic heterocycles. The molecule has 1 aromatic carbocycles. The Morgan fingerprint density at radius 3 is 2.47 bits per heavy atom. The first-order valence-electron chi connectivity index (χ1n) is 7.67. The predicted octanol–water partition coefficient (Wildman–Crippen LogP) is 3.98. The molecule has 0 amide bonds. The highest BCUT2D eigenvalue weighted by atomic mass is 15.1. The summed E-state index contributed by atoms with van der Waals surface area (Å²) in [6.45, 7) is 15.4. The van der Waals surface area contributed by atoms with Crippen molar-refractivity contribution in [2.24, 2.45) is 5.92 Å². The summed E-state index contributed by atoms with van der Waals surface area (Å²) in [5.74, 6) is 0.752. The van der Waals surface area contributed by atoms with Gasteiger partial charge in [-0.1, -0.05) is 33.3 Å². The van der Waals surface area contributed by atoms with E-state index in [0.717, 1.165) is 32.1 Å². The molecular formula is C17H30N2. The van der Waals surface area contributed by atoms with Crippen LogP contribution in [0.5, 0.6) is 0 Å². The van der Waals surface area contributed by atoms with Crippen LogP contribution in [0.25, 0.3) is 0 Å². The minimum Gasteiger partial charge on any atom is -0.372 e. The number of nitrogens with zero attached hydrogens (tertiary/aromatic N) is 1. The SMILES string of the molecule is CCNCc1ccc(N(CC)CC(C)CC)cc1C. The highest BCUT2D eigenvalue weighted by molar-refractivity contribution is 5.50. The van der Waals surface area contributed by atoms with Gasteiger partial charge in [0.05, 0.1) is 0 Å². The van der Waals surface area contributed by atoms with Crippen LogP contribution in [-0.2, 0) is 6.54 Å². The Morgan fingerprint density at radius 2 is 1.95 bits per heavy atom. The summed E-state index contributed by atoms with van der Waals surface area (Å²) in [7, 11) is 0. The van der Waals surface area contributed by atoms with Gasteiger partial charge in [0.25, 0.3) is 0 Å². The average molecular weight is 262 g/mol. The Kier molecular flexibility index (Phi) is 6.93. The van der Waals surface area contributed by atoms with Gasteiger partial charge in [-0.15, -0.1) is 0 Å². The first-order valence-corrected chi connectivity index (χ1v) is 7.67. The van der Waals surface area contributed by atoms with Crippen LogP contribution >= 0.6 is 0 Å². The van der Waals surface area contributed by atoms with Gasteiger partial charge in [-0.2, -0.15) is 0 Å². The molecule has 0 aromatic heterocycles. The zero-order chi connectivity index (χ0) is 14.3. The van der Waals surface area contributed by atoms with Crippen molar-refractivity contribution in [3.63, 3.8) is 0 Å². The Hall–Kier alpha value is -1.02. The summed E-state index contributed by atoms with van der Waals surface area (Å²) in [6, 6.07) is 6.87. The zero-order valence-corrected chi connectivity index (χ0v) is 13.3. The molecule has 19 heavy (non-hydrogen) atoms. The molecule has 1 rings (SSSR count). The minimum absolute atomic E-state index is 0.752. The van der Waals surface area contributed by atoms with Crippen molar-refractivity contribution in [2.75, 3.05) is 24.5 Å². The number of benzene rings is 1. The van der Waals surface area contributed by atoms with E-state index in [9.17, 15) is 0 Å². The highest BCUT2D eigenvalue weighted by Gasteiger charge is 2.09. The molecule has 0 radical (unpaired) electrons. The summed E-state index contributed by atoms with van der Waals surface area (Å²) in [6.07, 6.45) is 1.24. The van der Waals surface area contributed by atoms with Crippen LogP contribution in [0.2, 0.25) is 0 Å². The van der Waals surface area contributed by atoms with E-state index in [1.807, 2.05) is 0 Å². The monoisotopic (exact) mass is 262 g/mol. The van der Waals surface area contributed by atoms with Crippen molar-refractivity contribution in [1.29, 1.82) is 0 Å². The number of nitrogens with one attached hydrogen (secondary N) is 1. The van der Waals surface area contributed by atoms with E-state index in [0.29, 0.717) is 0 Å². The second-order valence-electron chi connectivity index (χ2n) is 5.44. The largest absolute Gasteiger partial charge is 0.372 e. The molecule has 0 saturated carbocycles. The van der Waals surface area contributed by atoms with Crippen LogP contribution in [0.4, 0.5) is 5.69 Å². The van der Waals surface area contributed by atoms with E-state index in [2.05, 4.69) is 63.0 Å². The van der Waals surface area contributed by atoms with Gasteiger partial charge in [-0.3, -0.25) is 0 Å². The molecule has 0 saturated heterocycles. The van der Waals surface area contributed by atoms with Crippen LogP contribution in [-0.4, -0.2) is 19.6 Å². The third-order valence-electron chi connectivity index (χ3n) is 3.87. The van der Waals surface area contributed by atoms with Crippen LogP contribution in [0.15, 0.2) is 18.2 Å². The highest BCUT2D eigenvalue weighted by Crippen LogP contribution is 2.20. The van der Waals surface area contributed by atoms with Crippen LogP contribution in [0.3, 0.4) is 0 Å². The van der Waals surface area contributed by atoms with Crippen LogP contribution < -0.4 is 10.2 Å². The average Bonchev–Trinajstić information content (AvgIpc) is 2.43. The molecule has 108 valence electrons. The van der Waals surface area contributed by atoms with Crippen LogP contribution in [0, 0.1) is 12.8 Å². The lowest BCUT2D eigenvalue weighted by atomic mass is 10.1. The number of hydrogen-bond acceptors (Lipinski definition) is 2. The van der Waals surface area contributed by atoms with Crippen molar-refractivity contribution in [3.05, 3.63) is 29.3 Å². The molecule has 1 N–H and O–H groups in total. The molecular weight excluding hydrogens is 232 g/mol. The van der Waals surface area contributed by atoms with E-state index in [1.165, 1.54) is 23.2 Å². The smallest absolute Gasteiger partial charge is 0.0369 e. The lowest BCUT2D eigenvalue weighted by Gasteiger charge is -2.27. The number of anilines is 1. The van der Waals surface area contributed by atoms with Crippen molar-refractivity contribution in [2.45, 2.75) is 47.6 Å². The second-order valence-corrected chi connectivity index (χ2v) is 5.44. The molecule has 0 aliphatic rings. The third-order valence-corrected chi connectivity index (χ3v) is 3.87. The van der Waals surface area contributed by atoms with Gasteiger partial charge in [0.1, 0.15) is 0 Å². The predicted molar refractivity (Wildman–Crippen MR) is 85.9 cm³/mol. The molecule has 1 unspecified atom stereocenters. The quantitative estimate of drug-likeness (QED) is 0.762. The maximum Gasteiger partial charge on any atom is 0.0369 e. The van der Waals surface area contributed by atoms with Crippen molar-refractivity contribution < 1.29 is 0 Å². The Labute approximate surface area is 119 Å². The van der Waals surface area contributed by atoms with Crippen LogP contribution in [0.1, 0.15) is 45.2 Å². The summed E-state index contributed by atoms with van der Waals surface area (Å²) < 4.78 is 0. The first kappa shape index (κ1) is 16.0. The fourth-order valence-electron chi connectivity index (χ4n) is 2.26. The number of rotatable bonds is 8. The van der Waals surface area contributed by atoms with Gasteiger partial charge >= 0.3 is 0 Å². The van der Waals surface area contributed by atoms with Gasteiger partial charge in [0, 0.05) is 25.3 Å². The molecule has 2 heteroatoms. The van der Waals surface area contributed by atoms with E-state index < -0.39 is 0 Å². The second kappa shape index (κ2) is 8.21. The Bertz CT molecular complexity index is 374. The zero-order valence-electron chi connectivity index (χ0n) is 13.3. The van der Waals surface area contributed by atoms with E-state index in [-0.39, 0.29) is 0 Å². The standard InChI is InChI=1S/C17H30N2/c1-6-14(4)13-19(8-3)17-10-9-16(12-18-7-2)15(5)11-17/h9-11,14,18H,6-8,12-13H2,1-5H3. The normalized spacial score (nSPS) is 12.5. The first-order chi connectivity index (χ1) is 9.12. The molecule has 0 heterocycles. The number of hydrogen-bond donors (Lipinski definition) is 1. The molecule has 0 aliphatic carbocycles. The van der Waals surface area contributed by atoms with Crippen molar-refractivity contribution in [1.82, 2.24) is 5.32 Å². The van der Waals surface area contributed by atoms with Gasteiger partial charge in [-0.05, 0) is 49.6 Å². The summed E-state index contributed by atoms with van der Waals surface area (Å²) >= 11 is 0. The van der Waals surface area contributed by atoms with Gasteiger partial charge < -0.3 is 10.2 Å². The lowest BCUT2D eigenvalue weighted by molar-refractivity contribution is 0.548. The van der Waals surface area contributed by atoms with E-state index >= 15 is 0 Å². The van der Waals surface area contributed by atoms with E-state index in [1.54, 1.807) is 0 Å². The minimum atomic E-state index is 0.752. The number of aryl methyl sites for hydroxylation is 1. The third kappa shape index (κ3) is 4.87. The lowest BCUT2D eigenvalue weighted by Crippen LogP contribution is -2.28. The molecule has 1 atom stereocenters. The van der Waals surface area contributed by atoms with Gasteiger partial charge in [-0.25, -0.2) is 0 Å². The molecule has 0 bridgehead atoms. The molecule has 1 aromatic rings. The Balaban J connectivity index is 2.79. The Morgan fingerprint density at radius 1 is 1.21 bits per heavy atom. The van der Waals surface area contributed by atoms with E-state index in [4.69, 9.17) is 0 Å². The molecule has 2 nitrogen and oxygen atoms in total. The van der Waals surface area contributed by atoms with Gasteiger partial charge in [0.15, 0.2) is 0 Å². The van der Waals surface area contributed by atoms with Crippen molar-refractivity contribution in [3.8, 4) is 0 Å². The maximum atomic E-state index is 3.40. The summed E-state index contributed by atoms with van der Waals surface area (Å²) in [5.41, 5.74) is 4.16. The molecule has 0 fully saturated rings. The fourth-order valence-corrected chi connectivity index (χ4v) is 2.26. The maximum absolute atomic E-state index is 3.40. The summed E-state index contributed by atoms with van der Waals surface area (Å²) in [4.78, 5) is 2.48. The fraction of sp³-hybridized carbons (Fsp3) is 0.647. The van der Waals surface area contributed by atoms with Gasteiger partial charge in [0.2, 0.25) is 0 Å². The topological polar surface area (TPSA) is 15.3 Å². The van der Waals surface area contributed by atoms with Crippen molar-refractivity contribution >= 4 is 5.69 Å².